The summed E-state index contributed by atoms with van der Waals surface area (Å²) in [5.41, 5.74) is 3.22. The Morgan fingerprint density at radius 2 is 1.93 bits per heavy atom. The highest BCUT2D eigenvalue weighted by Crippen LogP contribution is 2.23. The third-order valence-corrected chi connectivity index (χ3v) is 4.56. The Labute approximate surface area is 174 Å². The van der Waals surface area contributed by atoms with Gasteiger partial charge in [0.2, 0.25) is 5.88 Å². The average molecular weight is 399 g/mol. The molecule has 7 heteroatoms. The maximum atomic E-state index is 12.9. The topological polar surface area (TPSA) is 81.9 Å². The highest BCUT2D eigenvalue weighted by atomic mass is 16.5. The molecule has 2 aromatic heterocycles. The van der Waals surface area contributed by atoms with Crippen molar-refractivity contribution >= 4 is 11.6 Å². The lowest BCUT2D eigenvalue weighted by Gasteiger charge is -2.10. The minimum absolute atomic E-state index is 0.206. The Morgan fingerprint density at radius 3 is 2.70 bits per heavy atom. The summed E-state index contributed by atoms with van der Waals surface area (Å²) in [6.45, 7) is 2.64. The summed E-state index contributed by atoms with van der Waals surface area (Å²) in [4.78, 5) is 21.0. The van der Waals surface area contributed by atoms with E-state index in [4.69, 9.17) is 4.74 Å². The molecule has 1 amide bonds. The minimum Gasteiger partial charge on any atom is -0.437 e. The number of amides is 1. The summed E-state index contributed by atoms with van der Waals surface area (Å²) in [6, 6.07) is 17.2. The summed E-state index contributed by atoms with van der Waals surface area (Å²) in [6.07, 6.45) is 6.98. The van der Waals surface area contributed by atoms with Crippen LogP contribution in [0, 0.1) is 0 Å². The molecular formula is C23H21N5O2. The van der Waals surface area contributed by atoms with Crippen molar-refractivity contribution in [2.75, 3.05) is 5.32 Å². The van der Waals surface area contributed by atoms with Gasteiger partial charge in [0.25, 0.3) is 5.91 Å². The van der Waals surface area contributed by atoms with E-state index < -0.39 is 0 Å². The lowest BCUT2D eigenvalue weighted by molar-refractivity contribution is 0.102. The van der Waals surface area contributed by atoms with Gasteiger partial charge >= 0.3 is 0 Å². The van der Waals surface area contributed by atoms with Crippen LogP contribution in [-0.4, -0.2) is 25.7 Å². The molecule has 0 aliphatic rings. The molecule has 0 saturated heterocycles. The molecule has 0 radical (unpaired) electrons. The van der Waals surface area contributed by atoms with Crippen LogP contribution in [-0.2, 0) is 13.0 Å². The van der Waals surface area contributed by atoms with Crippen molar-refractivity contribution in [3.8, 4) is 11.6 Å². The van der Waals surface area contributed by atoms with E-state index in [9.17, 15) is 4.79 Å². The summed E-state index contributed by atoms with van der Waals surface area (Å²) >= 11 is 0. The number of ether oxygens (including phenoxy) is 1. The standard InChI is InChI=1S/C23H21N5O2/c1-2-21-20(14-26-28(21)16-17-7-4-3-5-8-17)23(29)27-18-9-6-10-19(13-18)30-22-15-24-11-12-25-22/h3-15H,2,16H2,1H3,(H,27,29). The van der Waals surface area contributed by atoms with E-state index in [1.807, 2.05) is 41.9 Å². The van der Waals surface area contributed by atoms with Crippen LogP contribution in [0.5, 0.6) is 11.6 Å². The van der Waals surface area contributed by atoms with Gasteiger partial charge in [-0.2, -0.15) is 5.10 Å². The molecule has 150 valence electrons. The number of hydrogen-bond acceptors (Lipinski definition) is 5. The van der Waals surface area contributed by atoms with Gasteiger partial charge in [-0.1, -0.05) is 43.3 Å². The van der Waals surface area contributed by atoms with Crippen molar-refractivity contribution in [1.29, 1.82) is 0 Å². The van der Waals surface area contributed by atoms with Gasteiger partial charge in [0, 0.05) is 24.1 Å². The largest absolute Gasteiger partial charge is 0.437 e. The number of nitrogens with one attached hydrogen (secondary N) is 1. The molecule has 0 saturated carbocycles. The highest BCUT2D eigenvalue weighted by molar-refractivity contribution is 6.05. The van der Waals surface area contributed by atoms with Gasteiger partial charge < -0.3 is 10.1 Å². The molecule has 30 heavy (non-hydrogen) atoms. The van der Waals surface area contributed by atoms with Crippen LogP contribution >= 0.6 is 0 Å². The Hall–Kier alpha value is -4.00. The van der Waals surface area contributed by atoms with Gasteiger partial charge in [-0.15, -0.1) is 0 Å². The van der Waals surface area contributed by atoms with Gasteiger partial charge in [-0.25, -0.2) is 4.98 Å². The molecule has 4 rings (SSSR count). The Morgan fingerprint density at radius 1 is 1.07 bits per heavy atom. The monoisotopic (exact) mass is 399 g/mol. The maximum Gasteiger partial charge on any atom is 0.259 e. The van der Waals surface area contributed by atoms with Crippen molar-refractivity contribution in [2.45, 2.75) is 19.9 Å². The van der Waals surface area contributed by atoms with Crippen LogP contribution in [0.3, 0.4) is 0 Å². The molecule has 0 bridgehead atoms. The highest BCUT2D eigenvalue weighted by Gasteiger charge is 2.17. The van der Waals surface area contributed by atoms with E-state index in [0.29, 0.717) is 35.8 Å². The van der Waals surface area contributed by atoms with Gasteiger partial charge in [-0.05, 0) is 24.1 Å². The van der Waals surface area contributed by atoms with Crippen LogP contribution < -0.4 is 10.1 Å². The predicted octanol–water partition coefficient (Wildman–Crippen LogP) is 4.33. The maximum absolute atomic E-state index is 12.9. The molecule has 0 fully saturated rings. The minimum atomic E-state index is -0.206. The average Bonchev–Trinajstić information content (AvgIpc) is 3.18. The number of nitrogens with zero attached hydrogens (tertiary/aromatic N) is 4. The second kappa shape index (κ2) is 9.00. The van der Waals surface area contributed by atoms with E-state index >= 15 is 0 Å². The second-order valence-corrected chi connectivity index (χ2v) is 6.63. The Kier molecular flexibility index (Phi) is 5.80. The van der Waals surface area contributed by atoms with Crippen molar-refractivity contribution < 1.29 is 9.53 Å². The van der Waals surface area contributed by atoms with Crippen LogP contribution in [0.4, 0.5) is 5.69 Å². The van der Waals surface area contributed by atoms with Gasteiger partial charge in [0.1, 0.15) is 5.75 Å². The van der Waals surface area contributed by atoms with E-state index in [0.717, 1.165) is 11.3 Å². The van der Waals surface area contributed by atoms with Crippen molar-refractivity contribution in [2.24, 2.45) is 0 Å². The lowest BCUT2D eigenvalue weighted by Crippen LogP contribution is -2.15. The first kappa shape index (κ1) is 19.3. The zero-order valence-electron chi connectivity index (χ0n) is 16.5. The van der Waals surface area contributed by atoms with Crippen molar-refractivity contribution in [1.82, 2.24) is 19.7 Å². The van der Waals surface area contributed by atoms with Crippen LogP contribution in [0.1, 0.15) is 28.5 Å². The SMILES string of the molecule is CCc1c(C(=O)Nc2cccc(Oc3cnccn3)c2)cnn1Cc1ccccc1. The number of rotatable bonds is 7. The summed E-state index contributed by atoms with van der Waals surface area (Å²) in [5, 5.41) is 7.36. The number of aromatic nitrogens is 4. The lowest BCUT2D eigenvalue weighted by atomic mass is 10.1. The first-order valence-electron chi connectivity index (χ1n) is 9.67. The summed E-state index contributed by atoms with van der Waals surface area (Å²) in [7, 11) is 0. The van der Waals surface area contributed by atoms with E-state index in [2.05, 4.69) is 20.4 Å². The molecule has 2 aromatic carbocycles. The molecule has 0 unspecified atom stereocenters. The Balaban J connectivity index is 1.49. The molecule has 1 N–H and O–H groups in total. The molecule has 4 aromatic rings. The van der Waals surface area contributed by atoms with E-state index in [-0.39, 0.29) is 5.91 Å². The molecule has 7 nitrogen and oxygen atoms in total. The zero-order valence-corrected chi connectivity index (χ0v) is 16.5. The van der Waals surface area contributed by atoms with Crippen LogP contribution in [0.25, 0.3) is 0 Å². The third-order valence-electron chi connectivity index (χ3n) is 4.56. The summed E-state index contributed by atoms with van der Waals surface area (Å²) < 4.78 is 7.55. The number of anilines is 1. The van der Waals surface area contributed by atoms with E-state index in [1.165, 1.54) is 6.20 Å². The van der Waals surface area contributed by atoms with Gasteiger partial charge in [0.15, 0.2) is 0 Å². The molecule has 0 aliphatic heterocycles. The zero-order chi connectivity index (χ0) is 20.8. The molecule has 0 atom stereocenters. The number of carbonyl (C=O) groups is 1. The van der Waals surface area contributed by atoms with Crippen molar-refractivity contribution in [3.63, 3.8) is 0 Å². The van der Waals surface area contributed by atoms with Gasteiger partial charge in [-0.3, -0.25) is 14.5 Å². The number of carbonyl (C=O) groups excluding carboxylic acids is 1. The molecule has 0 aliphatic carbocycles. The van der Waals surface area contributed by atoms with Gasteiger partial charge in [0.05, 0.1) is 30.2 Å². The third kappa shape index (κ3) is 4.52. The first-order valence-corrected chi connectivity index (χ1v) is 9.67. The fraction of sp³-hybridized carbons (Fsp3) is 0.130. The smallest absolute Gasteiger partial charge is 0.259 e. The Bertz CT molecular complexity index is 1130. The molecule has 2 heterocycles. The molecular weight excluding hydrogens is 378 g/mol. The number of hydrogen-bond donors (Lipinski definition) is 1. The fourth-order valence-electron chi connectivity index (χ4n) is 3.16. The fourth-order valence-corrected chi connectivity index (χ4v) is 3.16. The van der Waals surface area contributed by atoms with Crippen LogP contribution in [0.2, 0.25) is 0 Å². The van der Waals surface area contributed by atoms with E-state index in [1.54, 1.807) is 42.9 Å². The summed E-state index contributed by atoms with van der Waals surface area (Å²) in [5.74, 6) is 0.739. The first-order chi connectivity index (χ1) is 14.7. The normalized spacial score (nSPS) is 10.6. The number of benzene rings is 2. The van der Waals surface area contributed by atoms with Crippen LogP contribution in [0.15, 0.2) is 79.4 Å². The second-order valence-electron chi connectivity index (χ2n) is 6.63. The quantitative estimate of drug-likeness (QED) is 0.500. The molecule has 0 spiro atoms. The van der Waals surface area contributed by atoms with Crippen molar-refractivity contribution in [3.05, 3.63) is 96.2 Å². The predicted molar refractivity (Wildman–Crippen MR) is 114 cm³/mol.